The molecule has 1 aliphatic heterocycles. The summed E-state index contributed by atoms with van der Waals surface area (Å²) in [6.45, 7) is 3.69. The van der Waals surface area contributed by atoms with Crippen molar-refractivity contribution in [2.24, 2.45) is 0 Å². The number of rotatable bonds is 4. The van der Waals surface area contributed by atoms with Gasteiger partial charge in [0.25, 0.3) is 5.91 Å². The molecular weight excluding hydrogens is 360 g/mol. The molecule has 2 aromatic carbocycles. The molecule has 1 N–H and O–H groups in total. The maximum Gasteiger partial charge on any atom is 0.255 e. The number of hydrogen-bond acceptors (Lipinski definition) is 5. The summed E-state index contributed by atoms with van der Waals surface area (Å²) in [6.07, 6.45) is 1.76. The lowest BCUT2D eigenvalue weighted by Crippen LogP contribution is -2.29. The quantitative estimate of drug-likeness (QED) is 0.693. The zero-order valence-electron chi connectivity index (χ0n) is 14.9. The molecule has 136 valence electrons. The second-order valence-electron chi connectivity index (χ2n) is 6.51. The van der Waals surface area contributed by atoms with E-state index in [1.165, 1.54) is 0 Å². The van der Waals surface area contributed by atoms with Crippen molar-refractivity contribution in [2.75, 3.05) is 5.32 Å². The summed E-state index contributed by atoms with van der Waals surface area (Å²) in [4.78, 5) is 17.8. The Balaban J connectivity index is 1.43. The van der Waals surface area contributed by atoms with Gasteiger partial charge in [0.15, 0.2) is 11.5 Å². The molecule has 0 bridgehead atoms. The van der Waals surface area contributed by atoms with Gasteiger partial charge in [0, 0.05) is 42.3 Å². The van der Waals surface area contributed by atoms with Crippen molar-refractivity contribution >= 4 is 23.4 Å². The summed E-state index contributed by atoms with van der Waals surface area (Å²) < 4.78 is 11.4. The Morgan fingerprint density at radius 1 is 1.00 bits per heavy atom. The minimum atomic E-state index is -0.688. The molecule has 0 spiro atoms. The highest BCUT2D eigenvalue weighted by atomic mass is 32.2. The van der Waals surface area contributed by atoms with Crippen molar-refractivity contribution in [1.82, 2.24) is 4.98 Å². The van der Waals surface area contributed by atoms with E-state index in [0.717, 1.165) is 9.92 Å². The number of amides is 1. The fourth-order valence-corrected chi connectivity index (χ4v) is 3.48. The molecule has 1 aliphatic rings. The first kappa shape index (κ1) is 17.4. The number of nitrogens with one attached hydrogen (secondary N) is 1. The van der Waals surface area contributed by atoms with E-state index in [-0.39, 0.29) is 5.91 Å². The van der Waals surface area contributed by atoms with Crippen molar-refractivity contribution in [3.05, 3.63) is 72.4 Å². The Hall–Kier alpha value is -2.99. The molecule has 6 heteroatoms. The van der Waals surface area contributed by atoms with Crippen LogP contribution >= 0.6 is 11.8 Å². The van der Waals surface area contributed by atoms with Crippen LogP contribution in [0.5, 0.6) is 11.5 Å². The van der Waals surface area contributed by atoms with Crippen LogP contribution in [0.1, 0.15) is 24.2 Å². The lowest BCUT2D eigenvalue weighted by atomic mass is 10.2. The first-order valence-electron chi connectivity index (χ1n) is 8.51. The Morgan fingerprint density at radius 3 is 2.52 bits per heavy atom. The first-order valence-corrected chi connectivity index (χ1v) is 9.33. The van der Waals surface area contributed by atoms with Crippen LogP contribution in [0, 0.1) is 0 Å². The van der Waals surface area contributed by atoms with Gasteiger partial charge in [0.05, 0.1) is 0 Å². The number of ether oxygens (including phenoxy) is 2. The maximum absolute atomic E-state index is 12.5. The van der Waals surface area contributed by atoms with E-state index in [4.69, 9.17) is 9.47 Å². The molecular formula is C21H18N2O3S. The fraction of sp³-hybridized carbons (Fsp3) is 0.143. The van der Waals surface area contributed by atoms with E-state index in [2.05, 4.69) is 10.3 Å². The summed E-state index contributed by atoms with van der Waals surface area (Å²) in [6, 6.07) is 18.6. The van der Waals surface area contributed by atoms with Crippen LogP contribution in [0.15, 0.2) is 76.8 Å². The fourth-order valence-electron chi connectivity index (χ4n) is 2.71. The smallest absolute Gasteiger partial charge is 0.255 e. The van der Waals surface area contributed by atoms with Crippen LogP contribution in [0.4, 0.5) is 5.69 Å². The monoisotopic (exact) mass is 378 g/mol. The highest BCUT2D eigenvalue weighted by Crippen LogP contribution is 2.40. The first-order chi connectivity index (χ1) is 13.0. The van der Waals surface area contributed by atoms with E-state index < -0.39 is 5.79 Å². The molecule has 0 saturated carbocycles. The number of anilines is 1. The Bertz CT molecular complexity index is 972. The van der Waals surface area contributed by atoms with Gasteiger partial charge in [0.2, 0.25) is 5.79 Å². The van der Waals surface area contributed by atoms with Crippen LogP contribution in [-0.2, 0) is 0 Å². The molecule has 1 aromatic heterocycles. The zero-order chi connectivity index (χ0) is 18.9. The lowest BCUT2D eigenvalue weighted by Gasteiger charge is -2.16. The number of benzene rings is 2. The predicted molar refractivity (Wildman–Crippen MR) is 105 cm³/mol. The average molecular weight is 378 g/mol. The van der Waals surface area contributed by atoms with Crippen LogP contribution in [0.25, 0.3) is 0 Å². The van der Waals surface area contributed by atoms with Crippen LogP contribution in [0.2, 0.25) is 0 Å². The third-order valence-corrected chi connectivity index (χ3v) is 4.85. The van der Waals surface area contributed by atoms with Crippen LogP contribution in [0.3, 0.4) is 0 Å². The minimum Gasteiger partial charge on any atom is -0.449 e. The van der Waals surface area contributed by atoms with Crippen LogP contribution in [-0.4, -0.2) is 16.7 Å². The summed E-state index contributed by atoms with van der Waals surface area (Å²) in [5, 5.41) is 3.81. The van der Waals surface area contributed by atoms with E-state index >= 15 is 0 Å². The Labute approximate surface area is 161 Å². The van der Waals surface area contributed by atoms with Crippen molar-refractivity contribution < 1.29 is 14.3 Å². The molecule has 4 rings (SSSR count). The zero-order valence-corrected chi connectivity index (χ0v) is 15.7. The van der Waals surface area contributed by atoms with Gasteiger partial charge in [-0.1, -0.05) is 17.8 Å². The van der Waals surface area contributed by atoms with Crippen molar-refractivity contribution in [2.45, 2.75) is 29.6 Å². The maximum atomic E-state index is 12.5. The van der Waals surface area contributed by atoms with Gasteiger partial charge in [-0.15, -0.1) is 0 Å². The van der Waals surface area contributed by atoms with Gasteiger partial charge < -0.3 is 14.8 Å². The summed E-state index contributed by atoms with van der Waals surface area (Å²) in [5.74, 6) is 0.433. The lowest BCUT2D eigenvalue weighted by molar-refractivity contribution is -0.0431. The van der Waals surface area contributed by atoms with Gasteiger partial charge in [-0.25, -0.2) is 4.98 Å². The van der Waals surface area contributed by atoms with E-state index in [1.807, 2.05) is 44.2 Å². The predicted octanol–water partition coefficient (Wildman–Crippen LogP) is 4.99. The number of aromatic nitrogens is 1. The van der Waals surface area contributed by atoms with Crippen LogP contribution < -0.4 is 14.8 Å². The number of hydrogen-bond donors (Lipinski definition) is 1. The van der Waals surface area contributed by atoms with E-state index in [9.17, 15) is 4.79 Å². The van der Waals surface area contributed by atoms with Gasteiger partial charge in [-0.2, -0.15) is 0 Å². The number of carbonyl (C=O) groups excluding carboxylic acids is 1. The van der Waals surface area contributed by atoms with Gasteiger partial charge in [-0.05, 0) is 48.5 Å². The Kier molecular flexibility index (Phi) is 4.49. The largest absolute Gasteiger partial charge is 0.449 e. The van der Waals surface area contributed by atoms with Gasteiger partial charge in [0.1, 0.15) is 5.03 Å². The SMILES string of the molecule is CC1(C)Oc2ccc(NC(=O)c3ccc(Sc4ccccn4)cc3)cc2O1. The molecule has 0 radical (unpaired) electrons. The molecule has 27 heavy (non-hydrogen) atoms. The summed E-state index contributed by atoms with van der Waals surface area (Å²) in [5.41, 5.74) is 1.24. The highest BCUT2D eigenvalue weighted by Gasteiger charge is 2.31. The third-order valence-electron chi connectivity index (χ3n) is 3.89. The van der Waals surface area contributed by atoms with E-state index in [1.54, 1.807) is 48.3 Å². The third kappa shape index (κ3) is 4.06. The topological polar surface area (TPSA) is 60.5 Å². The minimum absolute atomic E-state index is 0.178. The highest BCUT2D eigenvalue weighted by molar-refractivity contribution is 7.99. The second kappa shape index (κ2) is 6.96. The normalized spacial score (nSPS) is 14.0. The van der Waals surface area contributed by atoms with Gasteiger partial charge in [-0.3, -0.25) is 4.79 Å². The molecule has 0 saturated heterocycles. The Morgan fingerprint density at radius 2 is 1.78 bits per heavy atom. The standard InChI is InChI=1S/C21H18N2O3S/c1-21(2)25-17-11-8-15(13-18(17)26-21)23-20(24)14-6-9-16(10-7-14)27-19-5-3-4-12-22-19/h3-13H,1-2H3,(H,23,24). The molecule has 3 aromatic rings. The summed E-state index contributed by atoms with van der Waals surface area (Å²) in [7, 11) is 0. The molecule has 0 fully saturated rings. The molecule has 5 nitrogen and oxygen atoms in total. The molecule has 0 atom stereocenters. The number of pyridine rings is 1. The van der Waals surface area contributed by atoms with Crippen molar-refractivity contribution in [3.8, 4) is 11.5 Å². The number of nitrogens with zero attached hydrogens (tertiary/aromatic N) is 1. The second-order valence-corrected chi connectivity index (χ2v) is 7.61. The van der Waals surface area contributed by atoms with Crippen molar-refractivity contribution in [3.63, 3.8) is 0 Å². The molecule has 2 heterocycles. The average Bonchev–Trinajstić information content (AvgIpc) is 2.96. The van der Waals surface area contributed by atoms with E-state index in [0.29, 0.717) is 22.7 Å². The molecule has 0 aliphatic carbocycles. The molecule has 0 unspecified atom stereocenters. The van der Waals surface area contributed by atoms with Crippen molar-refractivity contribution in [1.29, 1.82) is 0 Å². The number of carbonyl (C=O) groups is 1. The molecule has 1 amide bonds. The van der Waals surface area contributed by atoms with Gasteiger partial charge >= 0.3 is 0 Å². The summed E-state index contributed by atoms with van der Waals surface area (Å²) >= 11 is 1.55. The number of fused-ring (bicyclic) bond motifs is 1.